The van der Waals surface area contributed by atoms with Crippen LogP contribution in [-0.2, 0) is 0 Å². The number of alkyl halides is 3. The maximum Gasteiger partial charge on any atom is 0.417 e. The third-order valence-corrected chi connectivity index (χ3v) is 2.65. The molecule has 2 rings (SSSR count). The Balaban J connectivity index is 2.15. The van der Waals surface area contributed by atoms with Crippen LogP contribution in [0.5, 0.6) is 5.75 Å². The number of hydrogen-bond acceptors (Lipinski definition) is 4. The summed E-state index contributed by atoms with van der Waals surface area (Å²) in [6.45, 7) is 0.483. The summed E-state index contributed by atoms with van der Waals surface area (Å²) < 4.78 is 42.5. The van der Waals surface area contributed by atoms with Gasteiger partial charge >= 0.3 is 6.18 Å². The van der Waals surface area contributed by atoms with Crippen molar-refractivity contribution in [1.29, 1.82) is 0 Å². The fourth-order valence-corrected chi connectivity index (χ4v) is 1.59. The molecule has 0 aliphatic heterocycles. The zero-order valence-corrected chi connectivity index (χ0v) is 10.4. The van der Waals surface area contributed by atoms with Crippen LogP contribution in [0.3, 0.4) is 0 Å². The van der Waals surface area contributed by atoms with Crippen LogP contribution in [0.15, 0.2) is 24.5 Å². The maximum atomic E-state index is 12.1. The number of nitrogens with zero attached hydrogens (tertiary/aromatic N) is 2. The van der Waals surface area contributed by atoms with E-state index in [4.69, 9.17) is 9.84 Å². The van der Waals surface area contributed by atoms with Gasteiger partial charge < -0.3 is 9.84 Å². The topological polar surface area (TPSA) is 63.8 Å². The van der Waals surface area contributed by atoms with Crippen molar-refractivity contribution >= 4 is 11.3 Å². The molecule has 108 valence electrons. The Kier molecular flexibility index (Phi) is 3.67. The van der Waals surface area contributed by atoms with E-state index in [1.807, 2.05) is 0 Å². The van der Waals surface area contributed by atoms with Gasteiger partial charge in [-0.3, -0.25) is 4.79 Å². The zero-order valence-electron chi connectivity index (χ0n) is 10.4. The summed E-state index contributed by atoms with van der Waals surface area (Å²) in [6.07, 6.45) is -4.57. The summed E-state index contributed by atoms with van der Waals surface area (Å²) >= 11 is 0. The number of pyridine rings is 1. The Hall–Kier alpha value is -2.09. The molecular weight excluding hydrogens is 277 g/mol. The quantitative estimate of drug-likeness (QED) is 0.872. The fourth-order valence-electron chi connectivity index (χ4n) is 1.59. The molecule has 1 atom stereocenters. The van der Waals surface area contributed by atoms with Crippen LogP contribution in [0.1, 0.15) is 17.3 Å². The summed E-state index contributed by atoms with van der Waals surface area (Å²) in [5.41, 5.74) is 0.938. The first-order chi connectivity index (χ1) is 9.29. The van der Waals surface area contributed by atoms with E-state index < -0.39 is 18.9 Å². The van der Waals surface area contributed by atoms with Crippen molar-refractivity contribution in [1.82, 2.24) is 9.61 Å². The van der Waals surface area contributed by atoms with E-state index >= 15 is 0 Å². The lowest BCUT2D eigenvalue weighted by atomic mass is 10.2. The Morgan fingerprint density at radius 3 is 2.80 bits per heavy atom. The van der Waals surface area contributed by atoms with E-state index in [9.17, 15) is 18.0 Å². The van der Waals surface area contributed by atoms with E-state index in [0.29, 0.717) is 11.1 Å². The number of hydrogen-bond donors (Lipinski definition) is 1. The highest BCUT2D eigenvalue weighted by molar-refractivity contribution is 6.00. The van der Waals surface area contributed by atoms with Crippen molar-refractivity contribution in [2.75, 3.05) is 6.61 Å². The average Bonchev–Trinajstić information content (AvgIpc) is 2.77. The van der Waals surface area contributed by atoms with Crippen LogP contribution in [-0.4, -0.2) is 39.4 Å². The van der Waals surface area contributed by atoms with Crippen molar-refractivity contribution in [3.8, 4) is 5.75 Å². The van der Waals surface area contributed by atoms with Crippen LogP contribution in [0.25, 0.3) is 5.52 Å². The summed E-state index contributed by atoms with van der Waals surface area (Å²) in [5, 5.41) is 12.7. The molecule has 5 nitrogen and oxygen atoms in total. The van der Waals surface area contributed by atoms with Crippen LogP contribution < -0.4 is 4.74 Å². The minimum atomic E-state index is -4.72. The molecule has 1 N–H and O–H groups in total. The van der Waals surface area contributed by atoms with E-state index in [1.54, 1.807) is 0 Å². The third kappa shape index (κ3) is 2.90. The van der Waals surface area contributed by atoms with Crippen molar-refractivity contribution in [3.05, 3.63) is 30.1 Å². The molecule has 0 fully saturated rings. The molecule has 0 aliphatic rings. The molecule has 1 unspecified atom stereocenters. The van der Waals surface area contributed by atoms with Crippen molar-refractivity contribution in [2.45, 2.75) is 19.2 Å². The van der Waals surface area contributed by atoms with Gasteiger partial charge in [0.15, 0.2) is 11.9 Å². The highest BCUT2D eigenvalue weighted by Crippen LogP contribution is 2.22. The number of rotatable bonds is 4. The van der Waals surface area contributed by atoms with Crippen molar-refractivity contribution < 1.29 is 27.8 Å². The van der Waals surface area contributed by atoms with Gasteiger partial charge in [-0.15, -0.1) is 0 Å². The maximum absolute atomic E-state index is 12.1. The second kappa shape index (κ2) is 5.12. The number of halogens is 3. The molecule has 0 bridgehead atoms. The first-order valence-corrected chi connectivity index (χ1v) is 5.65. The molecule has 0 aliphatic carbocycles. The normalized spacial score (nSPS) is 13.4. The van der Waals surface area contributed by atoms with Gasteiger partial charge in [0, 0.05) is 0 Å². The second-order valence-corrected chi connectivity index (χ2v) is 4.18. The molecule has 8 heteroatoms. The van der Waals surface area contributed by atoms with E-state index in [2.05, 4.69) is 5.10 Å². The molecule has 0 radical (unpaired) electrons. The lowest BCUT2D eigenvalue weighted by Gasteiger charge is -2.15. The Morgan fingerprint density at radius 2 is 2.20 bits per heavy atom. The molecule has 2 aromatic heterocycles. The molecule has 2 heterocycles. The number of carbonyl (C=O) groups excluding carboxylic acids is 1. The summed E-state index contributed by atoms with van der Waals surface area (Å²) in [6, 6.07) is 2.92. The smallest absolute Gasteiger partial charge is 0.417 e. The van der Waals surface area contributed by atoms with Crippen LogP contribution in [0.2, 0.25) is 0 Å². The standard InChI is InChI=1S/C12H11F3N2O3/c1-7(18)9-4-16-17-5-8(2-3-10(9)17)20-6-11(19)12(13,14)15/h2-5,11,19H,6H2,1H3. The van der Waals surface area contributed by atoms with E-state index in [0.717, 1.165) is 0 Å². The molecule has 0 amide bonds. The Morgan fingerprint density at radius 1 is 1.50 bits per heavy atom. The number of aromatic nitrogens is 2. The summed E-state index contributed by atoms with van der Waals surface area (Å²) in [4.78, 5) is 11.3. The van der Waals surface area contributed by atoms with Crippen LogP contribution in [0.4, 0.5) is 13.2 Å². The number of Topliss-reactive ketones (excluding diaryl/α,β-unsaturated/α-hetero) is 1. The van der Waals surface area contributed by atoms with Gasteiger partial charge in [0.25, 0.3) is 0 Å². The fraction of sp³-hybridized carbons (Fsp3) is 0.333. The average molecular weight is 288 g/mol. The third-order valence-electron chi connectivity index (χ3n) is 2.65. The van der Waals surface area contributed by atoms with Gasteiger partial charge in [-0.2, -0.15) is 18.3 Å². The number of aliphatic hydroxyl groups excluding tert-OH is 1. The van der Waals surface area contributed by atoms with Gasteiger partial charge in [-0.25, -0.2) is 4.52 Å². The first-order valence-electron chi connectivity index (χ1n) is 5.65. The molecule has 0 aromatic carbocycles. The predicted octanol–water partition coefficient (Wildman–Crippen LogP) is 1.84. The lowest BCUT2D eigenvalue weighted by Crippen LogP contribution is -2.34. The highest BCUT2D eigenvalue weighted by Gasteiger charge is 2.38. The van der Waals surface area contributed by atoms with Gasteiger partial charge in [0.2, 0.25) is 0 Å². The lowest BCUT2D eigenvalue weighted by molar-refractivity contribution is -0.210. The first kappa shape index (κ1) is 14.3. The van der Waals surface area contributed by atoms with Crippen LogP contribution >= 0.6 is 0 Å². The van der Waals surface area contributed by atoms with Gasteiger partial charge in [-0.05, 0) is 19.1 Å². The van der Waals surface area contributed by atoms with Gasteiger partial charge in [0.05, 0.1) is 23.5 Å². The Bertz CT molecular complexity index is 636. The molecule has 0 saturated heterocycles. The molecule has 20 heavy (non-hydrogen) atoms. The number of ketones is 1. The molecule has 0 spiro atoms. The van der Waals surface area contributed by atoms with E-state index in [1.165, 1.54) is 36.0 Å². The molecule has 2 aromatic rings. The predicted molar refractivity (Wildman–Crippen MR) is 62.8 cm³/mol. The largest absolute Gasteiger partial charge is 0.489 e. The highest BCUT2D eigenvalue weighted by atomic mass is 19.4. The summed E-state index contributed by atoms with van der Waals surface area (Å²) in [7, 11) is 0. The second-order valence-electron chi connectivity index (χ2n) is 4.18. The Labute approximate surface area is 111 Å². The number of fused-ring (bicyclic) bond motifs is 1. The van der Waals surface area contributed by atoms with Crippen molar-refractivity contribution in [3.63, 3.8) is 0 Å². The number of carbonyl (C=O) groups is 1. The minimum Gasteiger partial charge on any atom is -0.489 e. The van der Waals surface area contributed by atoms with Crippen molar-refractivity contribution in [2.24, 2.45) is 0 Å². The monoisotopic (exact) mass is 288 g/mol. The SMILES string of the molecule is CC(=O)c1cnn2cc(OCC(O)C(F)(F)F)ccc12. The summed E-state index contributed by atoms with van der Waals surface area (Å²) in [5.74, 6) is -0.0554. The molecule has 0 saturated carbocycles. The minimum absolute atomic E-state index is 0.110. The number of aliphatic hydroxyl groups is 1. The molecular formula is C12H11F3N2O3. The number of ether oxygens (including phenoxy) is 1. The van der Waals surface area contributed by atoms with Crippen LogP contribution in [0, 0.1) is 0 Å². The van der Waals surface area contributed by atoms with Gasteiger partial charge in [-0.1, -0.05) is 0 Å². The zero-order chi connectivity index (χ0) is 14.9. The van der Waals surface area contributed by atoms with Gasteiger partial charge in [0.1, 0.15) is 12.4 Å². The van der Waals surface area contributed by atoms with E-state index in [-0.39, 0.29) is 11.5 Å².